The number of ether oxygens (including phenoxy) is 1. The zero-order valence-corrected chi connectivity index (χ0v) is 16.5. The number of amides is 1. The van der Waals surface area contributed by atoms with Gasteiger partial charge in [0.15, 0.2) is 5.96 Å². The monoisotopic (exact) mass is 409 g/mol. The lowest BCUT2D eigenvalue weighted by Crippen LogP contribution is -2.28. The normalized spacial score (nSPS) is 11.0. The number of aliphatic imine (C=N–C) groups is 1. The highest BCUT2D eigenvalue weighted by Crippen LogP contribution is 2.32. The van der Waals surface area contributed by atoms with E-state index < -0.39 is 5.91 Å². The van der Waals surface area contributed by atoms with Gasteiger partial charge in [-0.3, -0.25) is 4.79 Å². The molecule has 2 rings (SSSR count). The first kappa shape index (κ1) is 23.3. The van der Waals surface area contributed by atoms with Crippen molar-refractivity contribution in [2.24, 2.45) is 10.7 Å². The Labute approximate surface area is 163 Å². The fraction of sp³-hybridized carbons (Fsp3) is 0.333. The Morgan fingerprint density at radius 2 is 2.08 bits per heavy atom. The molecule has 10 heteroatoms. The van der Waals surface area contributed by atoms with Gasteiger partial charge in [-0.2, -0.15) is 4.99 Å². The standard InChI is InChI=1S/C15H20ClN5O2.2ClH/c1-18-15(17)20-14(22)11-8-9-10(16)4-5-12(13(9)19-11)23-7-6-21(2)3;;/h4-5,8,19H,6-7H2,1-3H3,(H3,17,18,20,22);2*1H. The van der Waals surface area contributed by atoms with Crippen LogP contribution >= 0.6 is 36.4 Å². The second kappa shape index (κ2) is 10.4. The SMILES string of the molecule is CNC(N)=NC(=O)c1cc2c(Cl)ccc(OCCN(C)C)c2[nH]1.Cl.Cl. The first-order chi connectivity index (χ1) is 10.9. The minimum Gasteiger partial charge on any atom is -0.490 e. The molecule has 0 bridgehead atoms. The van der Waals surface area contributed by atoms with Crippen LogP contribution in [0.1, 0.15) is 10.5 Å². The molecule has 0 radical (unpaired) electrons. The van der Waals surface area contributed by atoms with E-state index in [0.29, 0.717) is 34.0 Å². The minimum absolute atomic E-state index is 0. The van der Waals surface area contributed by atoms with Crippen molar-refractivity contribution in [3.05, 3.63) is 28.9 Å². The number of carbonyl (C=O) groups is 1. The Morgan fingerprint density at radius 3 is 2.68 bits per heavy atom. The third-order valence-corrected chi connectivity index (χ3v) is 3.54. The molecule has 1 aromatic carbocycles. The zero-order valence-electron chi connectivity index (χ0n) is 14.1. The van der Waals surface area contributed by atoms with Crippen LogP contribution in [0.5, 0.6) is 5.75 Å². The number of halogens is 3. The van der Waals surface area contributed by atoms with Crippen LogP contribution in [-0.4, -0.2) is 56.0 Å². The highest BCUT2D eigenvalue weighted by molar-refractivity contribution is 6.35. The average Bonchev–Trinajstić information content (AvgIpc) is 2.95. The quantitative estimate of drug-likeness (QED) is 0.519. The third kappa shape index (κ3) is 5.97. The molecule has 25 heavy (non-hydrogen) atoms. The molecule has 0 aliphatic carbocycles. The summed E-state index contributed by atoms with van der Waals surface area (Å²) in [6.45, 7) is 1.30. The summed E-state index contributed by atoms with van der Waals surface area (Å²) < 4.78 is 5.76. The third-order valence-electron chi connectivity index (χ3n) is 3.21. The van der Waals surface area contributed by atoms with Crippen molar-refractivity contribution in [1.29, 1.82) is 0 Å². The zero-order chi connectivity index (χ0) is 17.0. The van der Waals surface area contributed by atoms with Gasteiger partial charge in [-0.1, -0.05) is 11.6 Å². The van der Waals surface area contributed by atoms with Crippen LogP contribution in [0.25, 0.3) is 10.9 Å². The predicted molar refractivity (Wildman–Crippen MR) is 107 cm³/mol. The van der Waals surface area contributed by atoms with E-state index in [2.05, 4.69) is 15.3 Å². The molecule has 0 atom stereocenters. The molecule has 1 aromatic heterocycles. The number of nitrogens with zero attached hydrogens (tertiary/aromatic N) is 2. The van der Waals surface area contributed by atoms with Crippen molar-refractivity contribution < 1.29 is 9.53 Å². The van der Waals surface area contributed by atoms with Crippen molar-refractivity contribution in [2.45, 2.75) is 0 Å². The van der Waals surface area contributed by atoms with E-state index >= 15 is 0 Å². The molecule has 0 saturated carbocycles. The molecule has 0 unspecified atom stereocenters. The van der Waals surface area contributed by atoms with Gasteiger partial charge in [-0.25, -0.2) is 0 Å². The largest absolute Gasteiger partial charge is 0.490 e. The van der Waals surface area contributed by atoms with Crippen LogP contribution < -0.4 is 15.8 Å². The first-order valence-electron chi connectivity index (χ1n) is 7.07. The molecular formula is C15H22Cl3N5O2. The van der Waals surface area contributed by atoms with Crippen LogP contribution in [0.2, 0.25) is 5.02 Å². The van der Waals surface area contributed by atoms with Gasteiger partial charge in [0, 0.05) is 19.0 Å². The van der Waals surface area contributed by atoms with Gasteiger partial charge < -0.3 is 25.7 Å². The molecule has 0 aliphatic heterocycles. The van der Waals surface area contributed by atoms with E-state index in [1.807, 2.05) is 19.0 Å². The maximum absolute atomic E-state index is 12.1. The van der Waals surface area contributed by atoms with E-state index in [4.69, 9.17) is 22.1 Å². The summed E-state index contributed by atoms with van der Waals surface area (Å²) in [7, 11) is 5.53. The fourth-order valence-electron chi connectivity index (χ4n) is 1.96. The van der Waals surface area contributed by atoms with E-state index in [9.17, 15) is 4.79 Å². The summed E-state index contributed by atoms with van der Waals surface area (Å²) >= 11 is 6.20. The fourth-order valence-corrected chi connectivity index (χ4v) is 2.17. The number of H-pyrrole nitrogens is 1. The number of hydrogen-bond acceptors (Lipinski definition) is 3. The van der Waals surface area contributed by atoms with E-state index in [1.54, 1.807) is 25.2 Å². The van der Waals surface area contributed by atoms with Crippen molar-refractivity contribution in [2.75, 3.05) is 34.3 Å². The molecule has 140 valence electrons. The smallest absolute Gasteiger partial charge is 0.296 e. The van der Waals surface area contributed by atoms with Crippen LogP contribution in [0, 0.1) is 0 Å². The van der Waals surface area contributed by atoms with Crippen molar-refractivity contribution in [1.82, 2.24) is 15.2 Å². The Bertz CT molecular complexity index is 746. The lowest BCUT2D eigenvalue weighted by molar-refractivity contribution is 0.0998. The van der Waals surface area contributed by atoms with Crippen LogP contribution in [0.4, 0.5) is 0 Å². The molecule has 2 aromatic rings. The second-order valence-corrected chi connectivity index (χ2v) is 5.63. The summed E-state index contributed by atoms with van der Waals surface area (Å²) in [5.41, 5.74) is 6.47. The molecule has 1 amide bonds. The summed E-state index contributed by atoms with van der Waals surface area (Å²) in [6.07, 6.45) is 0. The lowest BCUT2D eigenvalue weighted by atomic mass is 10.2. The second-order valence-electron chi connectivity index (χ2n) is 5.22. The number of nitrogens with two attached hydrogens (primary N) is 1. The number of aromatic nitrogens is 1. The summed E-state index contributed by atoms with van der Waals surface area (Å²) in [6, 6.07) is 5.16. The van der Waals surface area contributed by atoms with Gasteiger partial charge in [0.2, 0.25) is 0 Å². The Hall–Kier alpha value is -1.67. The Morgan fingerprint density at radius 1 is 1.40 bits per heavy atom. The number of hydrogen-bond donors (Lipinski definition) is 3. The van der Waals surface area contributed by atoms with Gasteiger partial charge in [0.25, 0.3) is 5.91 Å². The molecule has 0 saturated heterocycles. The maximum atomic E-state index is 12.1. The number of likely N-dealkylation sites (N-methyl/N-ethyl adjacent to an activating group) is 1. The average molecular weight is 411 g/mol. The number of carbonyl (C=O) groups excluding carboxylic acids is 1. The predicted octanol–water partition coefficient (Wildman–Crippen LogP) is 2.28. The van der Waals surface area contributed by atoms with E-state index in [1.165, 1.54) is 0 Å². The highest BCUT2D eigenvalue weighted by Gasteiger charge is 2.14. The van der Waals surface area contributed by atoms with Gasteiger partial charge in [0.1, 0.15) is 18.1 Å². The first-order valence-corrected chi connectivity index (χ1v) is 7.45. The van der Waals surface area contributed by atoms with Crippen LogP contribution in [-0.2, 0) is 0 Å². The number of benzene rings is 1. The van der Waals surface area contributed by atoms with Crippen molar-refractivity contribution >= 4 is 59.2 Å². The molecule has 4 N–H and O–H groups in total. The Kier molecular flexibility index (Phi) is 9.66. The summed E-state index contributed by atoms with van der Waals surface area (Å²) in [5.74, 6) is 0.196. The number of rotatable bonds is 5. The van der Waals surface area contributed by atoms with Crippen LogP contribution in [0.15, 0.2) is 23.2 Å². The molecule has 0 fully saturated rings. The van der Waals surface area contributed by atoms with E-state index in [-0.39, 0.29) is 30.8 Å². The molecular weight excluding hydrogens is 389 g/mol. The van der Waals surface area contributed by atoms with Crippen molar-refractivity contribution in [3.8, 4) is 5.75 Å². The highest BCUT2D eigenvalue weighted by atomic mass is 35.5. The van der Waals surface area contributed by atoms with Crippen LogP contribution in [0.3, 0.4) is 0 Å². The number of nitrogens with one attached hydrogen (secondary N) is 2. The summed E-state index contributed by atoms with van der Waals surface area (Å²) in [5, 5.41) is 3.83. The van der Waals surface area contributed by atoms with Gasteiger partial charge in [-0.05, 0) is 32.3 Å². The Balaban J connectivity index is 0.00000288. The topological polar surface area (TPSA) is 95.7 Å². The summed E-state index contributed by atoms with van der Waals surface area (Å²) in [4.78, 5) is 20.8. The lowest BCUT2D eigenvalue weighted by Gasteiger charge is -2.11. The van der Waals surface area contributed by atoms with Gasteiger partial charge >= 0.3 is 0 Å². The van der Waals surface area contributed by atoms with E-state index in [0.717, 1.165) is 6.54 Å². The molecule has 0 spiro atoms. The molecule has 7 nitrogen and oxygen atoms in total. The minimum atomic E-state index is -0.483. The molecule has 1 heterocycles. The van der Waals surface area contributed by atoms with Gasteiger partial charge in [0.05, 0.1) is 10.5 Å². The maximum Gasteiger partial charge on any atom is 0.296 e. The number of guanidine groups is 1. The molecule has 0 aliphatic rings. The number of aromatic amines is 1. The van der Waals surface area contributed by atoms with Crippen molar-refractivity contribution in [3.63, 3.8) is 0 Å². The number of fused-ring (bicyclic) bond motifs is 1. The van der Waals surface area contributed by atoms with Gasteiger partial charge in [-0.15, -0.1) is 24.8 Å².